The van der Waals surface area contributed by atoms with Crippen molar-refractivity contribution in [1.82, 2.24) is 4.90 Å². The van der Waals surface area contributed by atoms with Gasteiger partial charge in [-0.25, -0.2) is 0 Å². The van der Waals surface area contributed by atoms with Crippen molar-refractivity contribution < 1.29 is 0 Å². The molecular formula is C18H36N2. The van der Waals surface area contributed by atoms with Crippen LogP contribution >= 0.6 is 0 Å². The first-order valence-electron chi connectivity index (χ1n) is 9.07. The molecule has 0 N–H and O–H groups in total. The summed E-state index contributed by atoms with van der Waals surface area (Å²) in [4.78, 5) is 7.33. The maximum atomic E-state index is 4.79. The third-order valence-electron chi connectivity index (χ3n) is 4.62. The largest absolute Gasteiger partial charge is 0.358 e. The fraction of sp³-hybridized carbons (Fsp3) is 0.944. The lowest BCUT2D eigenvalue weighted by Crippen LogP contribution is -2.33. The molecule has 0 spiro atoms. The van der Waals surface area contributed by atoms with Crippen molar-refractivity contribution in [3.05, 3.63) is 0 Å². The second-order valence-electron chi connectivity index (χ2n) is 6.30. The molecule has 0 saturated carbocycles. The standard InChI is InChI=1S/C18H36N2/c1-4-6-7-8-9-10-11-12-15-19-17(3)20-16-13-14-18(20)5-2/h18H,4-16H2,1-3H3/b19-17+. The predicted octanol–water partition coefficient (Wildman–Crippen LogP) is 5.42. The van der Waals surface area contributed by atoms with Crippen molar-refractivity contribution >= 4 is 5.84 Å². The van der Waals surface area contributed by atoms with E-state index >= 15 is 0 Å². The van der Waals surface area contributed by atoms with Crippen LogP contribution in [0.4, 0.5) is 0 Å². The fourth-order valence-corrected chi connectivity index (χ4v) is 3.26. The fourth-order valence-electron chi connectivity index (χ4n) is 3.26. The Hall–Kier alpha value is -0.530. The Morgan fingerprint density at radius 1 is 1.00 bits per heavy atom. The van der Waals surface area contributed by atoms with Gasteiger partial charge in [0.05, 0.1) is 5.84 Å². The van der Waals surface area contributed by atoms with E-state index in [1.807, 2.05) is 0 Å². The number of aliphatic imine (C=N–C) groups is 1. The maximum Gasteiger partial charge on any atom is 0.0959 e. The second kappa shape index (κ2) is 11.2. The summed E-state index contributed by atoms with van der Waals surface area (Å²) in [6, 6.07) is 0.761. The number of nitrogens with zero attached hydrogens (tertiary/aromatic N) is 2. The molecule has 1 rings (SSSR count). The lowest BCUT2D eigenvalue weighted by Gasteiger charge is -2.25. The van der Waals surface area contributed by atoms with Crippen LogP contribution in [0.5, 0.6) is 0 Å². The summed E-state index contributed by atoms with van der Waals surface area (Å²) in [5.74, 6) is 1.29. The summed E-state index contributed by atoms with van der Waals surface area (Å²) in [6.45, 7) is 9.05. The summed E-state index contributed by atoms with van der Waals surface area (Å²) in [6.07, 6.45) is 15.1. The molecule has 1 fully saturated rings. The van der Waals surface area contributed by atoms with Crippen molar-refractivity contribution in [1.29, 1.82) is 0 Å². The monoisotopic (exact) mass is 280 g/mol. The second-order valence-corrected chi connectivity index (χ2v) is 6.30. The molecule has 2 nitrogen and oxygen atoms in total. The van der Waals surface area contributed by atoms with E-state index < -0.39 is 0 Å². The number of rotatable bonds is 10. The molecule has 1 atom stereocenters. The van der Waals surface area contributed by atoms with Gasteiger partial charge in [-0.2, -0.15) is 0 Å². The van der Waals surface area contributed by atoms with Crippen LogP contribution in [0.15, 0.2) is 4.99 Å². The molecule has 0 radical (unpaired) electrons. The van der Waals surface area contributed by atoms with Gasteiger partial charge >= 0.3 is 0 Å². The van der Waals surface area contributed by atoms with Gasteiger partial charge in [0.15, 0.2) is 0 Å². The Kier molecular flexibility index (Phi) is 9.78. The van der Waals surface area contributed by atoms with Crippen molar-refractivity contribution in [2.75, 3.05) is 13.1 Å². The lowest BCUT2D eigenvalue weighted by molar-refractivity contribution is 0.376. The maximum absolute atomic E-state index is 4.79. The minimum atomic E-state index is 0.761. The molecule has 1 heterocycles. The third-order valence-corrected chi connectivity index (χ3v) is 4.62. The topological polar surface area (TPSA) is 15.6 Å². The van der Waals surface area contributed by atoms with E-state index in [0.29, 0.717) is 0 Å². The highest BCUT2D eigenvalue weighted by Crippen LogP contribution is 2.20. The normalized spacial score (nSPS) is 19.9. The van der Waals surface area contributed by atoms with E-state index in [1.165, 1.54) is 83.0 Å². The number of hydrogen-bond donors (Lipinski definition) is 0. The minimum absolute atomic E-state index is 0.761. The average molecular weight is 280 g/mol. The van der Waals surface area contributed by atoms with Crippen molar-refractivity contribution in [2.24, 2.45) is 4.99 Å². The zero-order chi connectivity index (χ0) is 14.6. The molecule has 1 aliphatic heterocycles. The van der Waals surface area contributed by atoms with Crippen LogP contribution in [0.2, 0.25) is 0 Å². The molecule has 1 aliphatic rings. The minimum Gasteiger partial charge on any atom is -0.358 e. The Balaban J connectivity index is 2.03. The third kappa shape index (κ3) is 6.76. The molecule has 118 valence electrons. The Morgan fingerprint density at radius 2 is 1.65 bits per heavy atom. The molecule has 0 aromatic heterocycles. The average Bonchev–Trinajstić information content (AvgIpc) is 2.94. The Labute approximate surface area is 127 Å². The van der Waals surface area contributed by atoms with Crippen LogP contribution in [-0.4, -0.2) is 29.9 Å². The molecular weight excluding hydrogens is 244 g/mol. The highest BCUT2D eigenvalue weighted by Gasteiger charge is 2.23. The highest BCUT2D eigenvalue weighted by molar-refractivity contribution is 5.80. The van der Waals surface area contributed by atoms with E-state index in [4.69, 9.17) is 4.99 Å². The molecule has 20 heavy (non-hydrogen) atoms. The Bertz CT molecular complexity index is 260. The van der Waals surface area contributed by atoms with Crippen LogP contribution in [0, 0.1) is 0 Å². The van der Waals surface area contributed by atoms with Gasteiger partial charge in [-0.05, 0) is 32.6 Å². The Morgan fingerprint density at radius 3 is 2.30 bits per heavy atom. The smallest absolute Gasteiger partial charge is 0.0959 e. The van der Waals surface area contributed by atoms with Gasteiger partial charge in [-0.15, -0.1) is 0 Å². The van der Waals surface area contributed by atoms with Gasteiger partial charge in [-0.3, -0.25) is 4.99 Å². The highest BCUT2D eigenvalue weighted by atomic mass is 15.2. The van der Waals surface area contributed by atoms with Crippen LogP contribution in [-0.2, 0) is 0 Å². The molecule has 1 unspecified atom stereocenters. The SMILES string of the molecule is CCCCCCCCCC/N=C(\C)N1CCCC1CC. The molecule has 2 heteroatoms. The first-order valence-corrected chi connectivity index (χ1v) is 9.07. The summed E-state index contributed by atoms with van der Waals surface area (Å²) in [7, 11) is 0. The lowest BCUT2D eigenvalue weighted by atomic mass is 10.1. The van der Waals surface area contributed by atoms with E-state index in [1.54, 1.807) is 0 Å². The number of hydrogen-bond acceptors (Lipinski definition) is 1. The van der Waals surface area contributed by atoms with Crippen LogP contribution in [0.1, 0.15) is 91.4 Å². The quantitative estimate of drug-likeness (QED) is 0.296. The predicted molar refractivity (Wildman–Crippen MR) is 90.6 cm³/mol. The van der Waals surface area contributed by atoms with Crippen molar-refractivity contribution in [2.45, 2.75) is 97.4 Å². The van der Waals surface area contributed by atoms with Gasteiger partial charge in [0.25, 0.3) is 0 Å². The zero-order valence-corrected chi connectivity index (χ0v) is 14.2. The van der Waals surface area contributed by atoms with E-state index in [0.717, 1.165) is 12.6 Å². The first kappa shape index (κ1) is 17.5. The van der Waals surface area contributed by atoms with Gasteiger partial charge in [0.1, 0.15) is 0 Å². The van der Waals surface area contributed by atoms with E-state index in [-0.39, 0.29) is 0 Å². The summed E-state index contributed by atoms with van der Waals surface area (Å²) in [5.41, 5.74) is 0. The molecule has 0 aromatic rings. The number of likely N-dealkylation sites (tertiary alicyclic amines) is 1. The molecule has 0 amide bonds. The molecule has 1 saturated heterocycles. The van der Waals surface area contributed by atoms with Gasteiger partial charge in [0.2, 0.25) is 0 Å². The van der Waals surface area contributed by atoms with Crippen molar-refractivity contribution in [3.63, 3.8) is 0 Å². The van der Waals surface area contributed by atoms with Crippen LogP contribution in [0.25, 0.3) is 0 Å². The summed E-state index contributed by atoms with van der Waals surface area (Å²) in [5, 5.41) is 0. The molecule has 0 aliphatic carbocycles. The van der Waals surface area contributed by atoms with Gasteiger partial charge in [0, 0.05) is 19.1 Å². The van der Waals surface area contributed by atoms with E-state index in [2.05, 4.69) is 25.7 Å². The summed E-state index contributed by atoms with van der Waals surface area (Å²) >= 11 is 0. The summed E-state index contributed by atoms with van der Waals surface area (Å²) < 4.78 is 0. The van der Waals surface area contributed by atoms with Gasteiger partial charge in [-0.1, -0.05) is 58.8 Å². The molecule has 0 bridgehead atoms. The van der Waals surface area contributed by atoms with E-state index in [9.17, 15) is 0 Å². The van der Waals surface area contributed by atoms with Crippen molar-refractivity contribution in [3.8, 4) is 0 Å². The van der Waals surface area contributed by atoms with Crippen LogP contribution in [0.3, 0.4) is 0 Å². The van der Waals surface area contributed by atoms with Gasteiger partial charge < -0.3 is 4.90 Å². The first-order chi connectivity index (χ1) is 9.79. The zero-order valence-electron chi connectivity index (χ0n) is 14.2. The van der Waals surface area contributed by atoms with Crippen LogP contribution < -0.4 is 0 Å². The number of amidine groups is 1. The number of unbranched alkanes of at least 4 members (excludes halogenated alkanes) is 7. The molecule has 0 aromatic carbocycles.